The van der Waals surface area contributed by atoms with Gasteiger partial charge >= 0.3 is 12.1 Å². The quantitative estimate of drug-likeness (QED) is 0.444. The molecule has 176 valence electrons. The van der Waals surface area contributed by atoms with Gasteiger partial charge in [-0.15, -0.1) is 0 Å². The van der Waals surface area contributed by atoms with E-state index in [0.717, 1.165) is 11.1 Å². The highest BCUT2D eigenvalue weighted by Gasteiger charge is 2.30. The van der Waals surface area contributed by atoms with Crippen LogP contribution in [0, 0.1) is 5.92 Å². The second-order valence-electron chi connectivity index (χ2n) is 7.74. The van der Waals surface area contributed by atoms with Crippen LogP contribution in [-0.4, -0.2) is 36.0 Å². The lowest BCUT2D eigenvalue weighted by Crippen LogP contribution is -2.55. The third-order valence-corrected chi connectivity index (χ3v) is 4.71. The van der Waals surface area contributed by atoms with E-state index in [-0.39, 0.29) is 19.1 Å². The second kappa shape index (κ2) is 12.8. The van der Waals surface area contributed by atoms with Crippen molar-refractivity contribution < 1.29 is 28.7 Å². The van der Waals surface area contributed by atoms with Crippen LogP contribution in [0.15, 0.2) is 60.7 Å². The number of benzene rings is 2. The lowest BCUT2D eigenvalue weighted by atomic mass is 10.0. The van der Waals surface area contributed by atoms with Crippen molar-refractivity contribution in [3.8, 4) is 0 Å². The smallest absolute Gasteiger partial charge is 0.408 e. The zero-order chi connectivity index (χ0) is 24.2. The molecule has 0 aliphatic carbocycles. The minimum atomic E-state index is -1.29. The van der Waals surface area contributed by atoms with E-state index in [9.17, 15) is 19.2 Å². The minimum Gasteiger partial charge on any atom is -0.461 e. The Morgan fingerprint density at radius 2 is 1.33 bits per heavy atom. The van der Waals surface area contributed by atoms with Crippen molar-refractivity contribution in [1.82, 2.24) is 10.6 Å². The van der Waals surface area contributed by atoms with Gasteiger partial charge in [0, 0.05) is 0 Å². The van der Waals surface area contributed by atoms with Gasteiger partial charge < -0.3 is 25.8 Å². The number of rotatable bonds is 11. The lowest BCUT2D eigenvalue weighted by molar-refractivity contribution is -0.147. The Balaban J connectivity index is 1.89. The number of carbonyl (C=O) groups is 4. The summed E-state index contributed by atoms with van der Waals surface area (Å²) in [6.45, 7) is 3.50. The minimum absolute atomic E-state index is 0.0303. The van der Waals surface area contributed by atoms with E-state index in [1.165, 1.54) is 0 Å². The van der Waals surface area contributed by atoms with Gasteiger partial charge in [0.25, 0.3) is 0 Å². The fraction of sp³-hybridized carbons (Fsp3) is 0.333. The van der Waals surface area contributed by atoms with Crippen molar-refractivity contribution in [3.05, 3.63) is 71.8 Å². The Bertz CT molecular complexity index is 934. The number of nitrogens with two attached hydrogens (primary N) is 1. The standard InChI is InChI=1S/C24H29N3O6/c1-16(2)21(27-24(31)33-15-18-11-7-4-8-12-18)23(30)26-19(22(25)29)13-20(28)32-14-17-9-5-3-6-10-17/h3-12,16,19,21H,13-15H2,1-2H3,(H2,25,29)(H,26,30)(H,27,31). The number of ether oxygens (including phenoxy) is 2. The first kappa shape index (κ1) is 25.4. The van der Waals surface area contributed by atoms with E-state index >= 15 is 0 Å². The molecule has 9 nitrogen and oxygen atoms in total. The van der Waals surface area contributed by atoms with Gasteiger partial charge in [0.2, 0.25) is 11.8 Å². The van der Waals surface area contributed by atoms with Gasteiger partial charge in [0.15, 0.2) is 0 Å². The van der Waals surface area contributed by atoms with Gasteiger partial charge in [-0.3, -0.25) is 14.4 Å². The van der Waals surface area contributed by atoms with Crippen LogP contribution in [0.25, 0.3) is 0 Å². The van der Waals surface area contributed by atoms with E-state index in [4.69, 9.17) is 15.2 Å². The molecule has 0 saturated heterocycles. The molecule has 2 unspecified atom stereocenters. The summed E-state index contributed by atoms with van der Waals surface area (Å²) >= 11 is 0. The van der Waals surface area contributed by atoms with Crippen molar-refractivity contribution in [1.29, 1.82) is 0 Å². The molecule has 0 fully saturated rings. The first-order valence-electron chi connectivity index (χ1n) is 10.5. The lowest BCUT2D eigenvalue weighted by Gasteiger charge is -2.24. The predicted molar refractivity (Wildman–Crippen MR) is 120 cm³/mol. The topological polar surface area (TPSA) is 137 Å². The molecule has 0 bridgehead atoms. The van der Waals surface area contributed by atoms with Gasteiger partial charge in [-0.1, -0.05) is 74.5 Å². The maximum atomic E-state index is 12.7. The van der Waals surface area contributed by atoms with Crippen molar-refractivity contribution in [2.24, 2.45) is 11.7 Å². The number of hydrogen-bond donors (Lipinski definition) is 3. The maximum Gasteiger partial charge on any atom is 0.408 e. The van der Waals surface area contributed by atoms with Crippen molar-refractivity contribution in [3.63, 3.8) is 0 Å². The number of amides is 3. The highest BCUT2D eigenvalue weighted by Crippen LogP contribution is 2.07. The summed E-state index contributed by atoms with van der Waals surface area (Å²) in [4.78, 5) is 48.9. The molecule has 0 heterocycles. The third-order valence-electron chi connectivity index (χ3n) is 4.71. The van der Waals surface area contributed by atoms with Crippen LogP contribution in [0.1, 0.15) is 31.4 Å². The molecule has 0 aromatic heterocycles. The molecule has 9 heteroatoms. The zero-order valence-electron chi connectivity index (χ0n) is 18.7. The van der Waals surface area contributed by atoms with Crippen LogP contribution in [-0.2, 0) is 37.1 Å². The Labute approximate surface area is 192 Å². The average Bonchev–Trinajstić information content (AvgIpc) is 2.80. The Hall–Kier alpha value is -3.88. The van der Waals surface area contributed by atoms with Crippen LogP contribution in [0.3, 0.4) is 0 Å². The molecule has 2 rings (SSSR count). The van der Waals surface area contributed by atoms with E-state index < -0.39 is 42.4 Å². The fourth-order valence-electron chi connectivity index (χ4n) is 2.87. The number of nitrogens with one attached hydrogen (secondary N) is 2. The number of primary amides is 1. The molecule has 2 aromatic carbocycles. The summed E-state index contributed by atoms with van der Waals surface area (Å²) in [5, 5.41) is 4.91. The Kier molecular flexibility index (Phi) is 9.88. The molecule has 0 saturated carbocycles. The summed E-state index contributed by atoms with van der Waals surface area (Å²) in [6, 6.07) is 15.8. The molecule has 2 aromatic rings. The predicted octanol–water partition coefficient (Wildman–Crippen LogP) is 2.04. The monoisotopic (exact) mass is 455 g/mol. The molecule has 33 heavy (non-hydrogen) atoms. The molecule has 0 radical (unpaired) electrons. The van der Waals surface area contributed by atoms with Crippen molar-refractivity contribution in [2.75, 3.05) is 0 Å². The van der Waals surface area contributed by atoms with Crippen molar-refractivity contribution >= 4 is 23.9 Å². The average molecular weight is 456 g/mol. The fourth-order valence-corrected chi connectivity index (χ4v) is 2.87. The second-order valence-corrected chi connectivity index (χ2v) is 7.74. The molecule has 0 aliphatic heterocycles. The molecule has 0 spiro atoms. The zero-order valence-corrected chi connectivity index (χ0v) is 18.7. The number of esters is 1. The van der Waals surface area contributed by atoms with Gasteiger partial charge in [-0.05, 0) is 17.0 Å². The van der Waals surface area contributed by atoms with Crippen LogP contribution < -0.4 is 16.4 Å². The van der Waals surface area contributed by atoms with Crippen LogP contribution in [0.4, 0.5) is 4.79 Å². The summed E-state index contributed by atoms with van der Waals surface area (Å²) in [6.07, 6.45) is -1.22. The molecule has 4 N–H and O–H groups in total. The van der Waals surface area contributed by atoms with Gasteiger partial charge in [-0.25, -0.2) is 4.79 Å². The van der Waals surface area contributed by atoms with E-state index in [1.54, 1.807) is 50.2 Å². The summed E-state index contributed by atoms with van der Waals surface area (Å²) < 4.78 is 10.3. The molecular formula is C24H29N3O6. The van der Waals surface area contributed by atoms with Crippen LogP contribution >= 0.6 is 0 Å². The Morgan fingerprint density at radius 3 is 1.82 bits per heavy atom. The van der Waals surface area contributed by atoms with Gasteiger partial charge in [0.05, 0.1) is 6.42 Å². The number of hydrogen-bond acceptors (Lipinski definition) is 6. The number of alkyl carbamates (subject to hydrolysis) is 1. The van der Waals surface area contributed by atoms with E-state index in [2.05, 4.69) is 10.6 Å². The molecular weight excluding hydrogens is 426 g/mol. The van der Waals surface area contributed by atoms with Gasteiger partial charge in [-0.2, -0.15) is 0 Å². The summed E-state index contributed by atoms with van der Waals surface area (Å²) in [5.74, 6) is -2.58. The third kappa shape index (κ3) is 9.02. The number of carbonyl (C=O) groups excluding carboxylic acids is 4. The van der Waals surface area contributed by atoms with Crippen LogP contribution in [0.5, 0.6) is 0 Å². The molecule has 0 aliphatic rings. The van der Waals surface area contributed by atoms with Crippen molar-refractivity contribution in [2.45, 2.75) is 45.6 Å². The van der Waals surface area contributed by atoms with Crippen LogP contribution in [0.2, 0.25) is 0 Å². The first-order chi connectivity index (χ1) is 15.8. The maximum absolute atomic E-state index is 12.7. The SMILES string of the molecule is CC(C)C(NC(=O)OCc1ccccc1)C(=O)NC(CC(=O)OCc1ccccc1)C(N)=O. The molecule has 3 amide bonds. The highest BCUT2D eigenvalue weighted by atomic mass is 16.5. The van der Waals surface area contributed by atoms with E-state index in [1.807, 2.05) is 24.3 Å². The van der Waals surface area contributed by atoms with Gasteiger partial charge in [0.1, 0.15) is 25.3 Å². The largest absolute Gasteiger partial charge is 0.461 e. The highest BCUT2D eigenvalue weighted by molar-refractivity contribution is 5.92. The summed E-state index contributed by atoms with van der Waals surface area (Å²) in [7, 11) is 0. The normalized spacial score (nSPS) is 12.3. The molecule has 2 atom stereocenters. The first-order valence-corrected chi connectivity index (χ1v) is 10.5. The summed E-state index contributed by atoms with van der Waals surface area (Å²) in [5.41, 5.74) is 6.93. The van der Waals surface area contributed by atoms with E-state index in [0.29, 0.717) is 0 Å². The Morgan fingerprint density at radius 1 is 0.818 bits per heavy atom.